The maximum atomic E-state index is 14.1. The predicted molar refractivity (Wildman–Crippen MR) is 149 cm³/mol. The van der Waals surface area contributed by atoms with Crippen LogP contribution in [0.5, 0.6) is 0 Å². The molecule has 1 saturated heterocycles. The van der Waals surface area contributed by atoms with Crippen LogP contribution < -0.4 is 0 Å². The lowest BCUT2D eigenvalue weighted by Gasteiger charge is -2.40. The van der Waals surface area contributed by atoms with E-state index in [0.717, 1.165) is 29.5 Å². The maximum Gasteiger partial charge on any atom is 0.306 e. The molecule has 1 aliphatic heterocycles. The molecule has 4 aliphatic rings. The number of hydrogen-bond acceptors (Lipinski definition) is 6. The minimum Gasteiger partial charge on any atom is -0.481 e. The van der Waals surface area contributed by atoms with E-state index in [-0.39, 0.29) is 30.8 Å². The lowest BCUT2D eigenvalue weighted by Crippen LogP contribution is -2.58. The topological polar surface area (TPSA) is 127 Å². The average molecular weight is 586 g/mol. The van der Waals surface area contributed by atoms with Crippen LogP contribution in [0.4, 0.5) is 0 Å². The fourth-order valence-electron chi connectivity index (χ4n) is 6.28. The van der Waals surface area contributed by atoms with Crippen LogP contribution in [0.25, 0.3) is 5.57 Å². The number of carboxylic acid groups (broad SMARTS) is 1. The van der Waals surface area contributed by atoms with Gasteiger partial charge in [-0.1, -0.05) is 29.8 Å². The van der Waals surface area contributed by atoms with Gasteiger partial charge in [0.25, 0.3) is 5.91 Å². The summed E-state index contributed by atoms with van der Waals surface area (Å²) in [5.41, 5.74) is 4.62. The molecule has 0 radical (unpaired) electrons. The first-order valence-corrected chi connectivity index (χ1v) is 16.2. The van der Waals surface area contributed by atoms with E-state index in [9.17, 15) is 27.9 Å². The largest absolute Gasteiger partial charge is 0.481 e. The zero-order valence-electron chi connectivity index (χ0n) is 22.3. The van der Waals surface area contributed by atoms with Gasteiger partial charge in [-0.2, -0.15) is 9.78 Å². The molecule has 3 aliphatic carbocycles. The fraction of sp³-hybridized carbons (Fsp3) is 0.517. The zero-order valence-corrected chi connectivity index (χ0v) is 23.9. The van der Waals surface area contributed by atoms with E-state index in [1.165, 1.54) is 10.9 Å². The van der Waals surface area contributed by atoms with E-state index in [1.54, 1.807) is 11.0 Å². The van der Waals surface area contributed by atoms with Crippen molar-refractivity contribution in [1.82, 2.24) is 14.7 Å². The van der Waals surface area contributed by atoms with E-state index < -0.39 is 27.0 Å². The SMILES string of the molecule is CS(=O)(=O)C1CN(C(=O)C2CCc3c(C4=CCC(C(=O)O)CC4)nn(C(=O)c4c(Cl)cccc4C4CC4)c3C2)C1. The molecule has 2 fully saturated rings. The summed E-state index contributed by atoms with van der Waals surface area (Å²) in [6.45, 7) is 0.402. The summed E-state index contributed by atoms with van der Waals surface area (Å²) in [5.74, 6) is -1.73. The maximum absolute atomic E-state index is 14.1. The molecular formula is C29H32ClN3O6S. The number of halogens is 1. The highest BCUT2D eigenvalue weighted by Gasteiger charge is 2.42. The Morgan fingerprint density at radius 2 is 1.77 bits per heavy atom. The molecule has 2 unspecified atom stereocenters. The van der Waals surface area contributed by atoms with Crippen molar-refractivity contribution in [3.8, 4) is 0 Å². The number of aliphatic carboxylic acids is 1. The molecule has 1 aromatic heterocycles. The van der Waals surface area contributed by atoms with E-state index >= 15 is 0 Å². The number of aromatic nitrogens is 2. The molecule has 6 rings (SSSR count). The standard InChI is InChI=1S/C29H32ClN3O6S/c1-40(38,39)20-14-32(15-20)27(34)19-11-12-22-24(13-19)33(31-26(22)17-7-9-18(10-8-17)29(36)37)28(35)25-21(16-5-6-16)3-2-4-23(25)30/h2-4,7,16,18-20H,5-6,8-15H2,1H3,(H,36,37). The highest BCUT2D eigenvalue weighted by molar-refractivity contribution is 7.91. The normalized spacial score (nSPS) is 23.2. The van der Waals surface area contributed by atoms with Gasteiger partial charge in [-0.25, -0.2) is 8.42 Å². The van der Waals surface area contributed by atoms with Gasteiger partial charge in [0.2, 0.25) is 5.91 Å². The third-order valence-electron chi connectivity index (χ3n) is 8.92. The Morgan fingerprint density at radius 3 is 2.40 bits per heavy atom. The van der Waals surface area contributed by atoms with Gasteiger partial charge in [-0.15, -0.1) is 0 Å². The second-order valence-corrected chi connectivity index (χ2v) is 14.4. The summed E-state index contributed by atoms with van der Waals surface area (Å²) in [5, 5.41) is 14.1. The zero-order chi connectivity index (χ0) is 28.3. The fourth-order valence-corrected chi connectivity index (χ4v) is 7.44. The summed E-state index contributed by atoms with van der Waals surface area (Å²) in [4.78, 5) is 40.6. The Bertz CT molecular complexity index is 1550. The second kappa shape index (κ2) is 10.1. The lowest BCUT2D eigenvalue weighted by molar-refractivity contribution is -0.142. The molecule has 1 aromatic carbocycles. The van der Waals surface area contributed by atoms with Gasteiger partial charge in [0, 0.05) is 37.2 Å². The van der Waals surface area contributed by atoms with E-state index in [4.69, 9.17) is 16.7 Å². The molecule has 11 heteroatoms. The third kappa shape index (κ3) is 4.89. The first-order chi connectivity index (χ1) is 19.0. The molecule has 212 valence electrons. The number of carbonyl (C=O) groups is 3. The average Bonchev–Trinajstić information content (AvgIpc) is 3.66. The van der Waals surface area contributed by atoms with Crippen molar-refractivity contribution in [2.24, 2.45) is 11.8 Å². The van der Waals surface area contributed by atoms with Crippen LogP contribution >= 0.6 is 11.6 Å². The van der Waals surface area contributed by atoms with Crippen LogP contribution in [0.15, 0.2) is 24.3 Å². The van der Waals surface area contributed by atoms with Crippen molar-refractivity contribution in [2.45, 2.75) is 62.5 Å². The van der Waals surface area contributed by atoms with Crippen LogP contribution in [0.3, 0.4) is 0 Å². The molecule has 2 aromatic rings. The van der Waals surface area contributed by atoms with Gasteiger partial charge in [0.1, 0.15) is 0 Å². The Hall–Kier alpha value is -2.98. The number of allylic oxidation sites excluding steroid dienone is 2. The summed E-state index contributed by atoms with van der Waals surface area (Å²) in [6.07, 6.45) is 8.04. The molecule has 1 saturated carbocycles. The van der Waals surface area contributed by atoms with Crippen molar-refractivity contribution in [3.63, 3.8) is 0 Å². The van der Waals surface area contributed by atoms with Crippen LogP contribution in [0, 0.1) is 11.8 Å². The van der Waals surface area contributed by atoms with Gasteiger partial charge in [-0.05, 0) is 68.1 Å². The molecule has 0 spiro atoms. The molecular weight excluding hydrogens is 554 g/mol. The summed E-state index contributed by atoms with van der Waals surface area (Å²) >= 11 is 6.59. The van der Waals surface area contributed by atoms with Crippen molar-refractivity contribution >= 4 is 44.8 Å². The van der Waals surface area contributed by atoms with Crippen LogP contribution in [0.2, 0.25) is 5.02 Å². The number of carboxylic acids is 1. The number of benzene rings is 1. The van der Waals surface area contributed by atoms with Crippen LogP contribution in [0.1, 0.15) is 77.3 Å². The number of carbonyl (C=O) groups excluding carboxylic acids is 2. The van der Waals surface area contributed by atoms with Crippen molar-refractivity contribution in [3.05, 3.63) is 57.4 Å². The van der Waals surface area contributed by atoms with Gasteiger partial charge >= 0.3 is 5.97 Å². The highest BCUT2D eigenvalue weighted by Crippen LogP contribution is 2.44. The van der Waals surface area contributed by atoms with Crippen molar-refractivity contribution in [2.75, 3.05) is 19.3 Å². The molecule has 9 nitrogen and oxygen atoms in total. The molecule has 0 bridgehead atoms. The van der Waals surface area contributed by atoms with Gasteiger partial charge in [-0.3, -0.25) is 14.4 Å². The van der Waals surface area contributed by atoms with Crippen molar-refractivity contribution < 1.29 is 27.9 Å². The van der Waals surface area contributed by atoms with Crippen molar-refractivity contribution in [1.29, 1.82) is 0 Å². The number of amides is 1. The summed E-state index contributed by atoms with van der Waals surface area (Å²) < 4.78 is 25.1. The second-order valence-electron chi connectivity index (χ2n) is 11.6. The highest BCUT2D eigenvalue weighted by atomic mass is 35.5. The summed E-state index contributed by atoms with van der Waals surface area (Å²) in [7, 11) is -3.20. The van der Waals surface area contributed by atoms with Crippen LogP contribution in [-0.4, -0.2) is 70.6 Å². The first-order valence-electron chi connectivity index (χ1n) is 13.9. The van der Waals surface area contributed by atoms with E-state index in [2.05, 4.69) is 0 Å². The molecule has 1 amide bonds. The smallest absolute Gasteiger partial charge is 0.306 e. The van der Waals surface area contributed by atoms with Gasteiger partial charge in [0.05, 0.1) is 33.1 Å². The van der Waals surface area contributed by atoms with Gasteiger partial charge in [0.15, 0.2) is 9.84 Å². The summed E-state index contributed by atoms with van der Waals surface area (Å²) in [6, 6.07) is 5.51. The molecule has 1 N–H and O–H groups in total. The van der Waals surface area contributed by atoms with Gasteiger partial charge < -0.3 is 10.0 Å². The molecule has 2 atom stereocenters. The molecule has 2 heterocycles. The third-order valence-corrected chi connectivity index (χ3v) is 10.7. The Kier molecular flexibility index (Phi) is 6.89. The number of nitrogens with zero attached hydrogens (tertiary/aromatic N) is 3. The number of sulfone groups is 1. The Morgan fingerprint density at radius 1 is 1.05 bits per heavy atom. The van der Waals surface area contributed by atoms with E-state index in [0.29, 0.717) is 66.4 Å². The monoisotopic (exact) mass is 585 g/mol. The number of likely N-dealkylation sites (tertiary alicyclic amines) is 1. The number of fused-ring (bicyclic) bond motifs is 1. The minimum atomic E-state index is -3.20. The number of hydrogen-bond donors (Lipinski definition) is 1. The predicted octanol–water partition coefficient (Wildman–Crippen LogP) is 3.73. The Balaban J connectivity index is 1.35. The van der Waals surface area contributed by atoms with Crippen LogP contribution in [-0.2, 0) is 32.3 Å². The molecule has 40 heavy (non-hydrogen) atoms. The first kappa shape index (κ1) is 27.2. The number of rotatable bonds is 6. The van der Waals surface area contributed by atoms with E-state index in [1.807, 2.05) is 18.2 Å². The minimum absolute atomic E-state index is 0.0927. The lowest BCUT2D eigenvalue weighted by atomic mass is 9.82. The Labute approximate surface area is 238 Å². The quantitative estimate of drug-likeness (QED) is 0.547.